The van der Waals surface area contributed by atoms with Gasteiger partial charge in [0.25, 0.3) is 0 Å². The largest absolute Gasteiger partial charge is 0.299 e. The summed E-state index contributed by atoms with van der Waals surface area (Å²) in [5, 5.41) is 8.41. The molecule has 1 N–H and O–H groups in total. The van der Waals surface area contributed by atoms with Crippen molar-refractivity contribution in [3.63, 3.8) is 0 Å². The average Bonchev–Trinajstić information content (AvgIpc) is 2.82. The normalized spacial score (nSPS) is 15.7. The lowest BCUT2D eigenvalue weighted by Crippen LogP contribution is -2.30. The van der Waals surface area contributed by atoms with E-state index in [1.807, 2.05) is 24.3 Å². The number of benzene rings is 1. The summed E-state index contributed by atoms with van der Waals surface area (Å²) in [6.45, 7) is 5.39. The fourth-order valence-electron chi connectivity index (χ4n) is 2.47. The number of halogens is 1. The minimum absolute atomic E-state index is 0.762. The average molecular weight is 262 g/mol. The Labute approximate surface area is 112 Å². The monoisotopic (exact) mass is 261 g/mol. The number of nitrogens with zero attached hydrogens (tertiary/aromatic N) is 2. The van der Waals surface area contributed by atoms with E-state index in [1.54, 1.807) is 0 Å². The van der Waals surface area contributed by atoms with E-state index in [0.717, 1.165) is 42.3 Å². The van der Waals surface area contributed by atoms with Crippen molar-refractivity contribution in [2.24, 2.45) is 0 Å². The van der Waals surface area contributed by atoms with Gasteiger partial charge >= 0.3 is 0 Å². The third-order valence-electron chi connectivity index (χ3n) is 3.58. The maximum atomic E-state index is 5.93. The molecule has 1 aliphatic heterocycles. The first-order valence-corrected chi connectivity index (χ1v) is 6.70. The number of likely N-dealkylation sites (N-methyl/N-ethyl adjacent to an activating group) is 1. The number of hydrogen-bond donors (Lipinski definition) is 1. The smallest absolute Gasteiger partial charge is 0.0968 e. The van der Waals surface area contributed by atoms with Crippen LogP contribution in [0.5, 0.6) is 0 Å². The first-order valence-electron chi connectivity index (χ1n) is 6.32. The Kier molecular flexibility index (Phi) is 3.10. The summed E-state index contributed by atoms with van der Waals surface area (Å²) in [6, 6.07) is 7.89. The van der Waals surface area contributed by atoms with E-state index in [2.05, 4.69) is 22.0 Å². The Morgan fingerprint density at radius 3 is 2.83 bits per heavy atom. The van der Waals surface area contributed by atoms with Crippen LogP contribution in [0.2, 0.25) is 5.02 Å². The molecule has 1 aromatic heterocycles. The summed E-state index contributed by atoms with van der Waals surface area (Å²) < 4.78 is 0. The van der Waals surface area contributed by atoms with Gasteiger partial charge in [-0.1, -0.05) is 30.7 Å². The fraction of sp³-hybridized carbons (Fsp3) is 0.357. The predicted octanol–water partition coefficient (Wildman–Crippen LogP) is 3.11. The highest BCUT2D eigenvalue weighted by molar-refractivity contribution is 6.30. The van der Waals surface area contributed by atoms with Crippen LogP contribution in [-0.4, -0.2) is 28.2 Å². The van der Waals surface area contributed by atoms with E-state index in [9.17, 15) is 0 Å². The first kappa shape index (κ1) is 11.8. The standard InChI is InChI=1S/C14H16ClN3/c1-2-18-8-7-13-12(9-18)14(17-16-13)10-3-5-11(15)6-4-10/h3-6H,2,7-9H2,1H3,(H,16,17). The number of fused-ring (bicyclic) bond motifs is 1. The topological polar surface area (TPSA) is 31.9 Å². The molecule has 0 radical (unpaired) electrons. The lowest BCUT2D eigenvalue weighted by Gasteiger charge is -2.25. The lowest BCUT2D eigenvalue weighted by molar-refractivity contribution is 0.267. The predicted molar refractivity (Wildman–Crippen MR) is 73.7 cm³/mol. The zero-order chi connectivity index (χ0) is 12.5. The van der Waals surface area contributed by atoms with Gasteiger partial charge in [-0.25, -0.2) is 0 Å². The molecule has 2 aromatic rings. The number of aromatic nitrogens is 2. The fourth-order valence-corrected chi connectivity index (χ4v) is 2.59. The maximum absolute atomic E-state index is 5.93. The van der Waals surface area contributed by atoms with Crippen LogP contribution in [0.3, 0.4) is 0 Å². The SMILES string of the molecule is CCN1CCc2[nH]nc(-c3ccc(Cl)cc3)c2C1. The quantitative estimate of drug-likeness (QED) is 0.901. The van der Waals surface area contributed by atoms with Crippen molar-refractivity contribution >= 4 is 11.6 Å². The molecule has 94 valence electrons. The second kappa shape index (κ2) is 4.75. The van der Waals surface area contributed by atoms with Crippen molar-refractivity contribution < 1.29 is 0 Å². The van der Waals surface area contributed by atoms with Crippen LogP contribution in [0.25, 0.3) is 11.3 Å². The van der Waals surface area contributed by atoms with Crippen LogP contribution in [0.1, 0.15) is 18.2 Å². The van der Waals surface area contributed by atoms with Gasteiger partial charge in [-0.15, -0.1) is 0 Å². The molecule has 0 amide bonds. The second-order valence-electron chi connectivity index (χ2n) is 4.65. The van der Waals surface area contributed by atoms with E-state index in [1.165, 1.54) is 11.3 Å². The molecule has 0 saturated carbocycles. The van der Waals surface area contributed by atoms with Crippen molar-refractivity contribution in [1.29, 1.82) is 0 Å². The highest BCUT2D eigenvalue weighted by Gasteiger charge is 2.21. The van der Waals surface area contributed by atoms with Gasteiger partial charge < -0.3 is 0 Å². The van der Waals surface area contributed by atoms with Gasteiger partial charge in [0.1, 0.15) is 0 Å². The summed E-state index contributed by atoms with van der Waals surface area (Å²) in [4.78, 5) is 2.44. The molecule has 0 aliphatic carbocycles. The molecular formula is C14H16ClN3. The molecule has 0 spiro atoms. The van der Waals surface area contributed by atoms with E-state index >= 15 is 0 Å². The zero-order valence-electron chi connectivity index (χ0n) is 10.4. The van der Waals surface area contributed by atoms with Crippen molar-refractivity contribution in [2.75, 3.05) is 13.1 Å². The van der Waals surface area contributed by atoms with E-state index in [0.29, 0.717) is 0 Å². The van der Waals surface area contributed by atoms with Gasteiger partial charge in [-0.2, -0.15) is 5.10 Å². The molecule has 0 atom stereocenters. The van der Waals surface area contributed by atoms with Crippen LogP contribution in [0.15, 0.2) is 24.3 Å². The number of nitrogens with one attached hydrogen (secondary N) is 1. The number of aromatic amines is 1. The molecule has 3 rings (SSSR count). The highest BCUT2D eigenvalue weighted by atomic mass is 35.5. The summed E-state index contributed by atoms with van der Waals surface area (Å²) in [5.41, 5.74) is 4.82. The Morgan fingerprint density at radius 1 is 1.33 bits per heavy atom. The Balaban J connectivity index is 1.99. The summed E-state index contributed by atoms with van der Waals surface area (Å²) >= 11 is 5.93. The van der Waals surface area contributed by atoms with E-state index in [4.69, 9.17) is 11.6 Å². The Morgan fingerprint density at radius 2 is 2.11 bits per heavy atom. The van der Waals surface area contributed by atoms with Crippen LogP contribution in [-0.2, 0) is 13.0 Å². The van der Waals surface area contributed by atoms with Crippen molar-refractivity contribution in [3.8, 4) is 11.3 Å². The Hall–Kier alpha value is -1.32. The molecule has 2 heterocycles. The second-order valence-corrected chi connectivity index (χ2v) is 5.09. The van der Waals surface area contributed by atoms with Crippen LogP contribution in [0, 0.1) is 0 Å². The molecule has 0 bridgehead atoms. The van der Waals surface area contributed by atoms with Crippen molar-refractivity contribution in [1.82, 2.24) is 15.1 Å². The molecule has 0 fully saturated rings. The van der Waals surface area contributed by atoms with E-state index in [-0.39, 0.29) is 0 Å². The van der Waals surface area contributed by atoms with E-state index < -0.39 is 0 Å². The van der Waals surface area contributed by atoms with Crippen LogP contribution < -0.4 is 0 Å². The van der Waals surface area contributed by atoms with Gasteiger partial charge in [-0.3, -0.25) is 10.00 Å². The number of rotatable bonds is 2. The number of hydrogen-bond acceptors (Lipinski definition) is 2. The maximum Gasteiger partial charge on any atom is 0.0968 e. The van der Waals surface area contributed by atoms with Gasteiger partial charge in [-0.05, 0) is 18.7 Å². The molecule has 0 unspecified atom stereocenters. The summed E-state index contributed by atoms with van der Waals surface area (Å²) in [5.74, 6) is 0. The van der Waals surface area contributed by atoms with Crippen molar-refractivity contribution in [3.05, 3.63) is 40.5 Å². The van der Waals surface area contributed by atoms with Gasteiger partial charge in [0, 0.05) is 41.4 Å². The van der Waals surface area contributed by atoms with Crippen molar-refractivity contribution in [2.45, 2.75) is 19.9 Å². The third kappa shape index (κ3) is 2.04. The molecule has 1 aliphatic rings. The van der Waals surface area contributed by atoms with Gasteiger partial charge in [0.15, 0.2) is 0 Å². The summed E-state index contributed by atoms with van der Waals surface area (Å²) in [7, 11) is 0. The molecule has 3 nitrogen and oxygen atoms in total. The molecule has 1 aromatic carbocycles. The lowest BCUT2D eigenvalue weighted by atomic mass is 10.0. The molecular weight excluding hydrogens is 246 g/mol. The number of H-pyrrole nitrogens is 1. The minimum Gasteiger partial charge on any atom is -0.299 e. The molecule has 4 heteroatoms. The molecule has 18 heavy (non-hydrogen) atoms. The van der Waals surface area contributed by atoms with Crippen LogP contribution in [0.4, 0.5) is 0 Å². The van der Waals surface area contributed by atoms with Gasteiger partial charge in [0.05, 0.1) is 5.69 Å². The highest BCUT2D eigenvalue weighted by Crippen LogP contribution is 2.28. The third-order valence-corrected chi connectivity index (χ3v) is 3.83. The van der Waals surface area contributed by atoms with Gasteiger partial charge in [0.2, 0.25) is 0 Å². The molecule has 0 saturated heterocycles. The summed E-state index contributed by atoms with van der Waals surface area (Å²) in [6.07, 6.45) is 1.06. The Bertz CT molecular complexity index is 545. The zero-order valence-corrected chi connectivity index (χ0v) is 11.2. The van der Waals surface area contributed by atoms with Crippen LogP contribution >= 0.6 is 11.6 Å². The first-order chi connectivity index (χ1) is 8.78. The minimum atomic E-state index is 0.762.